The van der Waals surface area contributed by atoms with Gasteiger partial charge < -0.3 is 19.5 Å². The summed E-state index contributed by atoms with van der Waals surface area (Å²) in [5.74, 6) is 1.17. The molecule has 3 rings (SSSR count). The standard InChI is InChI=1S/C20H31N3O3/c1-15(2)6-7-18(24)23-13-20(14-23)16(9-12-26-20)8-10-21-19(25)17-5-4-11-22(17)3/h4-5,11,15-16H,6-10,12-14H2,1-3H3,(H,21,25). The van der Waals surface area contributed by atoms with Crippen molar-refractivity contribution in [3.05, 3.63) is 24.0 Å². The molecule has 0 radical (unpaired) electrons. The first-order valence-electron chi connectivity index (χ1n) is 9.72. The van der Waals surface area contributed by atoms with E-state index in [2.05, 4.69) is 19.2 Å². The van der Waals surface area contributed by atoms with Crippen molar-refractivity contribution < 1.29 is 14.3 Å². The summed E-state index contributed by atoms with van der Waals surface area (Å²) >= 11 is 0. The minimum atomic E-state index is -0.177. The van der Waals surface area contributed by atoms with Gasteiger partial charge in [-0.3, -0.25) is 9.59 Å². The van der Waals surface area contributed by atoms with Gasteiger partial charge in [0.2, 0.25) is 5.91 Å². The zero-order valence-corrected chi connectivity index (χ0v) is 16.2. The van der Waals surface area contributed by atoms with E-state index >= 15 is 0 Å². The van der Waals surface area contributed by atoms with Crippen molar-refractivity contribution in [2.75, 3.05) is 26.2 Å². The topological polar surface area (TPSA) is 63.6 Å². The number of amides is 2. The fraction of sp³-hybridized carbons (Fsp3) is 0.700. The predicted molar refractivity (Wildman–Crippen MR) is 99.8 cm³/mol. The van der Waals surface area contributed by atoms with Gasteiger partial charge >= 0.3 is 0 Å². The number of carbonyl (C=O) groups is 2. The van der Waals surface area contributed by atoms with E-state index in [1.165, 1.54) is 0 Å². The van der Waals surface area contributed by atoms with Crippen LogP contribution in [0.2, 0.25) is 0 Å². The Morgan fingerprint density at radius 1 is 1.38 bits per heavy atom. The number of hydrogen-bond donors (Lipinski definition) is 1. The number of nitrogens with one attached hydrogen (secondary N) is 1. The van der Waals surface area contributed by atoms with E-state index in [4.69, 9.17) is 4.74 Å². The van der Waals surface area contributed by atoms with Gasteiger partial charge in [-0.25, -0.2) is 0 Å². The smallest absolute Gasteiger partial charge is 0.267 e. The number of aromatic nitrogens is 1. The van der Waals surface area contributed by atoms with E-state index in [1.807, 2.05) is 34.8 Å². The quantitative estimate of drug-likeness (QED) is 0.810. The first kappa shape index (κ1) is 19.0. The van der Waals surface area contributed by atoms with Crippen LogP contribution in [0.1, 0.15) is 50.0 Å². The molecule has 1 atom stereocenters. The summed E-state index contributed by atoms with van der Waals surface area (Å²) in [6.07, 6.45) is 5.34. The molecule has 0 aromatic carbocycles. The van der Waals surface area contributed by atoms with Crippen molar-refractivity contribution in [2.24, 2.45) is 18.9 Å². The predicted octanol–water partition coefficient (Wildman–Crippen LogP) is 2.20. The van der Waals surface area contributed by atoms with Gasteiger partial charge in [0.15, 0.2) is 0 Å². The third kappa shape index (κ3) is 3.95. The molecule has 2 aliphatic heterocycles. The maximum atomic E-state index is 12.3. The number of ether oxygens (including phenoxy) is 1. The van der Waals surface area contributed by atoms with Crippen LogP contribution in [0.15, 0.2) is 18.3 Å². The lowest BCUT2D eigenvalue weighted by molar-refractivity contribution is -0.165. The molecule has 1 aromatic heterocycles. The van der Waals surface area contributed by atoms with E-state index in [1.54, 1.807) is 0 Å². The fourth-order valence-corrected chi connectivity index (χ4v) is 4.04. The summed E-state index contributed by atoms with van der Waals surface area (Å²) in [7, 11) is 1.87. The van der Waals surface area contributed by atoms with E-state index in [0.29, 0.717) is 43.6 Å². The minimum absolute atomic E-state index is 0.0374. The number of rotatable bonds is 7. The van der Waals surface area contributed by atoms with Crippen molar-refractivity contribution in [3.8, 4) is 0 Å². The summed E-state index contributed by atoms with van der Waals surface area (Å²) in [6, 6.07) is 3.69. The lowest BCUT2D eigenvalue weighted by Crippen LogP contribution is -2.66. The zero-order valence-electron chi connectivity index (χ0n) is 16.2. The molecule has 2 aliphatic rings. The molecule has 144 valence electrons. The van der Waals surface area contributed by atoms with Crippen molar-refractivity contribution in [2.45, 2.75) is 45.1 Å². The summed E-state index contributed by atoms with van der Waals surface area (Å²) < 4.78 is 7.85. The van der Waals surface area contributed by atoms with Crippen LogP contribution in [0.5, 0.6) is 0 Å². The highest BCUT2D eigenvalue weighted by atomic mass is 16.5. The molecule has 1 N–H and O–H groups in total. The SMILES string of the molecule is CC(C)CCC(=O)N1CC2(C1)OCCC2CCNC(=O)c1cccn1C. The first-order chi connectivity index (χ1) is 12.4. The van der Waals surface area contributed by atoms with Gasteiger partial charge in [0, 0.05) is 32.8 Å². The van der Waals surface area contributed by atoms with Crippen LogP contribution in [0.4, 0.5) is 0 Å². The molecular weight excluding hydrogens is 330 g/mol. The van der Waals surface area contributed by atoms with Crippen LogP contribution in [-0.4, -0.2) is 53.1 Å². The fourth-order valence-electron chi connectivity index (χ4n) is 4.04. The summed E-state index contributed by atoms with van der Waals surface area (Å²) in [6.45, 7) is 7.10. The Bertz CT molecular complexity index is 646. The van der Waals surface area contributed by atoms with Crippen molar-refractivity contribution >= 4 is 11.8 Å². The van der Waals surface area contributed by atoms with Crippen molar-refractivity contribution in [3.63, 3.8) is 0 Å². The summed E-state index contributed by atoms with van der Waals surface area (Å²) in [5, 5.41) is 3.01. The number of carbonyl (C=O) groups excluding carboxylic acids is 2. The Morgan fingerprint density at radius 2 is 2.15 bits per heavy atom. The highest BCUT2D eigenvalue weighted by molar-refractivity contribution is 5.92. The van der Waals surface area contributed by atoms with Crippen LogP contribution < -0.4 is 5.32 Å². The Labute approximate surface area is 155 Å². The number of likely N-dealkylation sites (tertiary alicyclic amines) is 1. The van der Waals surface area contributed by atoms with E-state index in [-0.39, 0.29) is 17.4 Å². The molecule has 0 aliphatic carbocycles. The molecule has 2 fully saturated rings. The minimum Gasteiger partial charge on any atom is -0.371 e. The molecule has 1 spiro atoms. The normalized spacial score (nSPS) is 21.2. The van der Waals surface area contributed by atoms with E-state index in [9.17, 15) is 9.59 Å². The third-order valence-corrected chi connectivity index (χ3v) is 5.76. The molecule has 0 bridgehead atoms. The van der Waals surface area contributed by atoms with Gasteiger partial charge in [0.05, 0.1) is 13.1 Å². The highest BCUT2D eigenvalue weighted by Gasteiger charge is 2.53. The lowest BCUT2D eigenvalue weighted by atomic mass is 9.78. The van der Waals surface area contributed by atoms with Crippen molar-refractivity contribution in [1.82, 2.24) is 14.8 Å². The van der Waals surface area contributed by atoms with Crippen LogP contribution in [0, 0.1) is 11.8 Å². The van der Waals surface area contributed by atoms with Crippen LogP contribution in [0.25, 0.3) is 0 Å². The second-order valence-corrected chi connectivity index (χ2v) is 8.13. The zero-order chi connectivity index (χ0) is 18.7. The van der Waals surface area contributed by atoms with E-state index < -0.39 is 0 Å². The second-order valence-electron chi connectivity index (χ2n) is 8.13. The maximum Gasteiger partial charge on any atom is 0.267 e. The monoisotopic (exact) mass is 361 g/mol. The maximum absolute atomic E-state index is 12.3. The molecule has 2 saturated heterocycles. The van der Waals surface area contributed by atoms with Gasteiger partial charge in [-0.15, -0.1) is 0 Å². The van der Waals surface area contributed by atoms with Crippen LogP contribution >= 0.6 is 0 Å². The number of aryl methyl sites for hydroxylation is 1. The molecule has 0 saturated carbocycles. The van der Waals surface area contributed by atoms with Gasteiger partial charge in [0.1, 0.15) is 11.3 Å². The number of hydrogen-bond acceptors (Lipinski definition) is 3. The highest BCUT2D eigenvalue weighted by Crippen LogP contribution is 2.41. The summed E-state index contributed by atoms with van der Waals surface area (Å²) in [4.78, 5) is 26.4. The van der Waals surface area contributed by atoms with Crippen LogP contribution in [-0.2, 0) is 16.6 Å². The molecule has 1 unspecified atom stereocenters. The molecule has 3 heterocycles. The molecule has 6 nitrogen and oxygen atoms in total. The second kappa shape index (κ2) is 7.82. The molecule has 1 aromatic rings. The summed E-state index contributed by atoms with van der Waals surface area (Å²) in [5.41, 5.74) is 0.497. The van der Waals surface area contributed by atoms with E-state index in [0.717, 1.165) is 25.9 Å². The number of nitrogens with zero attached hydrogens (tertiary/aromatic N) is 2. The molecule has 2 amide bonds. The Balaban J connectivity index is 1.44. The van der Waals surface area contributed by atoms with Gasteiger partial charge in [-0.1, -0.05) is 13.8 Å². The van der Waals surface area contributed by atoms with Gasteiger partial charge in [0.25, 0.3) is 5.91 Å². The van der Waals surface area contributed by atoms with Crippen LogP contribution in [0.3, 0.4) is 0 Å². The lowest BCUT2D eigenvalue weighted by Gasteiger charge is -2.50. The van der Waals surface area contributed by atoms with Crippen molar-refractivity contribution in [1.29, 1.82) is 0 Å². The Kier molecular flexibility index (Phi) is 5.70. The Hall–Kier alpha value is -1.82. The third-order valence-electron chi connectivity index (χ3n) is 5.76. The van der Waals surface area contributed by atoms with Gasteiger partial charge in [-0.05, 0) is 43.2 Å². The largest absolute Gasteiger partial charge is 0.371 e. The molecule has 26 heavy (non-hydrogen) atoms. The Morgan fingerprint density at radius 3 is 2.81 bits per heavy atom. The average Bonchev–Trinajstić information content (AvgIpc) is 3.17. The van der Waals surface area contributed by atoms with Gasteiger partial charge in [-0.2, -0.15) is 0 Å². The molecular formula is C20H31N3O3. The average molecular weight is 361 g/mol. The first-order valence-corrected chi connectivity index (χ1v) is 9.72. The molecule has 6 heteroatoms.